The van der Waals surface area contributed by atoms with Crippen LogP contribution >= 0.6 is 0 Å². The normalized spacial score (nSPS) is 15.4. The number of nitrogens with one attached hydrogen (secondary N) is 1. The highest BCUT2D eigenvalue weighted by atomic mass is 32.2. The molecule has 1 fully saturated rings. The Morgan fingerprint density at radius 2 is 1.97 bits per heavy atom. The predicted molar refractivity (Wildman–Crippen MR) is 113 cm³/mol. The largest absolute Gasteiger partial charge is 0.379 e. The summed E-state index contributed by atoms with van der Waals surface area (Å²) in [5.41, 5.74) is 2.64. The summed E-state index contributed by atoms with van der Waals surface area (Å²) in [6.07, 6.45) is 1.73. The van der Waals surface area contributed by atoms with Crippen LogP contribution in [0.2, 0.25) is 0 Å². The third kappa shape index (κ3) is 3.71. The smallest absolute Gasteiger partial charge is 0.268 e. The fourth-order valence-electron chi connectivity index (χ4n) is 3.66. The number of ether oxygens (including phenoxy) is 1. The van der Waals surface area contributed by atoms with E-state index in [4.69, 9.17) is 4.74 Å². The van der Waals surface area contributed by atoms with Gasteiger partial charge in [0.15, 0.2) is 0 Å². The van der Waals surface area contributed by atoms with Crippen LogP contribution in [0.5, 0.6) is 0 Å². The van der Waals surface area contributed by atoms with Gasteiger partial charge in [-0.3, -0.25) is 9.78 Å². The highest BCUT2D eigenvalue weighted by Gasteiger charge is 2.31. The van der Waals surface area contributed by atoms with Crippen LogP contribution in [0.1, 0.15) is 21.7 Å². The Morgan fingerprint density at radius 3 is 2.73 bits per heavy atom. The summed E-state index contributed by atoms with van der Waals surface area (Å²) in [4.78, 5) is 17.4. The molecule has 0 aliphatic carbocycles. The number of amides is 1. The lowest BCUT2D eigenvalue weighted by Crippen LogP contribution is -2.40. The third-order valence-electron chi connectivity index (χ3n) is 5.48. The van der Waals surface area contributed by atoms with Crippen molar-refractivity contribution in [3.8, 4) is 0 Å². The van der Waals surface area contributed by atoms with Gasteiger partial charge >= 0.3 is 0 Å². The van der Waals surface area contributed by atoms with Crippen LogP contribution in [-0.4, -0.2) is 54.5 Å². The number of sulfonamides is 1. The van der Waals surface area contributed by atoms with Crippen LogP contribution in [-0.2, 0) is 28.4 Å². The van der Waals surface area contributed by atoms with Gasteiger partial charge in [0.25, 0.3) is 5.91 Å². The van der Waals surface area contributed by atoms with E-state index in [1.807, 2.05) is 30.3 Å². The maximum Gasteiger partial charge on any atom is 0.268 e. The van der Waals surface area contributed by atoms with Crippen molar-refractivity contribution in [2.45, 2.75) is 18.4 Å². The van der Waals surface area contributed by atoms with E-state index in [0.717, 1.165) is 16.5 Å². The van der Waals surface area contributed by atoms with Gasteiger partial charge in [-0.25, -0.2) is 8.42 Å². The van der Waals surface area contributed by atoms with Crippen molar-refractivity contribution in [2.75, 3.05) is 26.3 Å². The molecule has 158 valence electrons. The van der Waals surface area contributed by atoms with Gasteiger partial charge in [-0.1, -0.05) is 18.2 Å². The maximum atomic E-state index is 13.0. The molecule has 0 spiro atoms. The average Bonchev–Trinajstić information content (AvgIpc) is 3.08. The summed E-state index contributed by atoms with van der Waals surface area (Å²) in [5, 5.41) is 3.88. The molecule has 1 aliphatic rings. The molecule has 8 nitrogen and oxygen atoms in total. The van der Waals surface area contributed by atoms with Crippen molar-refractivity contribution < 1.29 is 17.9 Å². The standard InChI is InChI=1S/C21H24N4O4S/c1-15-20(30(27,28)25-9-11-29-12-10-25)13-19(24(15)2)21(26)23-14-16-5-3-7-18-17(16)6-4-8-22-18/h3-8,13H,9-12,14H2,1-2H3,(H,23,26). The summed E-state index contributed by atoms with van der Waals surface area (Å²) in [6, 6.07) is 11.0. The lowest BCUT2D eigenvalue weighted by Gasteiger charge is -2.25. The van der Waals surface area contributed by atoms with E-state index in [9.17, 15) is 13.2 Å². The molecule has 4 rings (SSSR count). The number of aromatic nitrogens is 2. The Hall–Kier alpha value is -2.75. The number of pyridine rings is 1. The molecule has 1 aromatic carbocycles. The Bertz CT molecular complexity index is 1190. The Morgan fingerprint density at radius 1 is 1.20 bits per heavy atom. The van der Waals surface area contributed by atoms with Crippen LogP contribution < -0.4 is 5.32 Å². The molecule has 3 aromatic rings. The van der Waals surface area contributed by atoms with Crippen LogP contribution in [0.25, 0.3) is 10.9 Å². The SMILES string of the molecule is Cc1c(S(=O)(=O)N2CCOCC2)cc(C(=O)NCc2cccc3ncccc23)n1C. The maximum absolute atomic E-state index is 13.0. The van der Waals surface area contributed by atoms with E-state index >= 15 is 0 Å². The molecule has 0 unspecified atom stereocenters. The molecule has 30 heavy (non-hydrogen) atoms. The highest BCUT2D eigenvalue weighted by molar-refractivity contribution is 7.89. The monoisotopic (exact) mass is 428 g/mol. The molecule has 2 aromatic heterocycles. The van der Waals surface area contributed by atoms with Gasteiger partial charge in [0.05, 0.1) is 18.7 Å². The molecule has 0 saturated carbocycles. The first kappa shape index (κ1) is 20.5. The fraction of sp³-hybridized carbons (Fsp3) is 0.333. The van der Waals surface area contributed by atoms with Gasteiger partial charge < -0.3 is 14.6 Å². The lowest BCUT2D eigenvalue weighted by atomic mass is 10.1. The first-order chi connectivity index (χ1) is 14.4. The number of nitrogens with zero attached hydrogens (tertiary/aromatic N) is 3. The van der Waals surface area contributed by atoms with Crippen molar-refractivity contribution in [3.05, 3.63) is 59.5 Å². The van der Waals surface area contributed by atoms with Gasteiger partial charge in [-0.15, -0.1) is 0 Å². The van der Waals surface area contributed by atoms with Gasteiger partial charge in [-0.2, -0.15) is 4.31 Å². The van der Waals surface area contributed by atoms with E-state index in [2.05, 4.69) is 10.3 Å². The Kier molecular flexibility index (Phi) is 5.59. The van der Waals surface area contributed by atoms with E-state index in [1.54, 1.807) is 24.7 Å². The zero-order chi connectivity index (χ0) is 21.3. The molecule has 1 amide bonds. The predicted octanol–water partition coefficient (Wildman–Crippen LogP) is 1.83. The van der Waals surface area contributed by atoms with E-state index in [-0.39, 0.29) is 10.8 Å². The van der Waals surface area contributed by atoms with Crippen molar-refractivity contribution in [3.63, 3.8) is 0 Å². The number of hydrogen-bond acceptors (Lipinski definition) is 5. The molecular weight excluding hydrogens is 404 g/mol. The van der Waals surface area contributed by atoms with Gasteiger partial charge in [0.1, 0.15) is 10.6 Å². The topological polar surface area (TPSA) is 93.5 Å². The molecule has 9 heteroatoms. The second-order valence-electron chi connectivity index (χ2n) is 7.22. The fourth-order valence-corrected chi connectivity index (χ4v) is 5.34. The van der Waals surface area contributed by atoms with Crippen molar-refractivity contribution >= 4 is 26.8 Å². The molecule has 1 saturated heterocycles. The number of morpholine rings is 1. The van der Waals surface area contributed by atoms with Crippen LogP contribution in [0.3, 0.4) is 0 Å². The quantitative estimate of drug-likeness (QED) is 0.669. The highest BCUT2D eigenvalue weighted by Crippen LogP contribution is 2.24. The Labute approximate surface area is 175 Å². The van der Waals surface area contributed by atoms with Crippen LogP contribution in [0, 0.1) is 6.92 Å². The Balaban J connectivity index is 1.57. The summed E-state index contributed by atoms with van der Waals surface area (Å²) in [7, 11) is -1.98. The zero-order valence-corrected chi connectivity index (χ0v) is 17.8. The van der Waals surface area contributed by atoms with E-state index in [1.165, 1.54) is 10.4 Å². The van der Waals surface area contributed by atoms with Crippen LogP contribution in [0.4, 0.5) is 0 Å². The number of hydrogen-bond donors (Lipinski definition) is 1. The molecule has 0 radical (unpaired) electrons. The molecule has 1 N–H and O–H groups in total. The van der Waals surface area contributed by atoms with Crippen molar-refractivity contribution in [1.29, 1.82) is 0 Å². The first-order valence-corrected chi connectivity index (χ1v) is 11.2. The minimum atomic E-state index is -3.68. The lowest BCUT2D eigenvalue weighted by molar-refractivity contribution is 0.0730. The molecular formula is C21H24N4O4S. The molecule has 1 aliphatic heterocycles. The number of carbonyl (C=O) groups excluding carboxylic acids is 1. The van der Waals surface area contributed by atoms with E-state index in [0.29, 0.717) is 44.2 Å². The van der Waals surface area contributed by atoms with Gasteiger partial charge in [-0.05, 0) is 30.7 Å². The van der Waals surface area contributed by atoms with Crippen molar-refractivity contribution in [2.24, 2.45) is 7.05 Å². The zero-order valence-electron chi connectivity index (χ0n) is 17.0. The summed E-state index contributed by atoms with van der Waals surface area (Å²) >= 11 is 0. The number of rotatable bonds is 5. The molecule has 0 atom stereocenters. The van der Waals surface area contributed by atoms with Crippen molar-refractivity contribution in [1.82, 2.24) is 19.2 Å². The first-order valence-electron chi connectivity index (χ1n) is 9.74. The number of fused-ring (bicyclic) bond motifs is 1. The van der Waals surface area contributed by atoms with Gasteiger partial charge in [0, 0.05) is 44.0 Å². The third-order valence-corrected chi connectivity index (χ3v) is 7.50. The second-order valence-corrected chi connectivity index (χ2v) is 9.13. The van der Waals surface area contributed by atoms with E-state index < -0.39 is 10.0 Å². The number of carbonyl (C=O) groups is 1. The summed E-state index contributed by atoms with van der Waals surface area (Å²) in [5.74, 6) is -0.329. The minimum Gasteiger partial charge on any atom is -0.379 e. The molecule has 0 bridgehead atoms. The summed E-state index contributed by atoms with van der Waals surface area (Å²) < 4.78 is 34.4. The second kappa shape index (κ2) is 8.17. The van der Waals surface area contributed by atoms with Crippen LogP contribution in [0.15, 0.2) is 47.5 Å². The van der Waals surface area contributed by atoms with Gasteiger partial charge in [0.2, 0.25) is 10.0 Å². The minimum absolute atomic E-state index is 0.159. The molecule has 3 heterocycles. The average molecular weight is 429 g/mol. The number of benzene rings is 1. The summed E-state index contributed by atoms with van der Waals surface area (Å²) in [6.45, 7) is 3.40.